The Hall–Kier alpha value is -3.10. The van der Waals surface area contributed by atoms with Crippen molar-refractivity contribution in [3.8, 4) is 0 Å². The molecule has 0 fully saturated rings. The molecule has 0 atom stereocenters. The van der Waals surface area contributed by atoms with Crippen molar-refractivity contribution in [2.75, 3.05) is 0 Å². The van der Waals surface area contributed by atoms with E-state index in [0.29, 0.717) is 12.1 Å². The van der Waals surface area contributed by atoms with Crippen LogP contribution in [0.3, 0.4) is 0 Å². The standard InChI is InChI=1S/C19H18N4O3S/c24-19(22-14-17-3-1-2-10-21-17)16-4-6-18(7-5-16)27(25,26)23-13-15-8-11-20-12-9-15/h1-12,23H,13-14H2,(H,22,24). The average molecular weight is 382 g/mol. The van der Waals surface area contributed by atoms with Crippen LogP contribution in [0.2, 0.25) is 0 Å². The second kappa shape index (κ2) is 8.52. The maximum Gasteiger partial charge on any atom is 0.251 e. The summed E-state index contributed by atoms with van der Waals surface area (Å²) in [5, 5.41) is 2.75. The van der Waals surface area contributed by atoms with Gasteiger partial charge >= 0.3 is 0 Å². The molecule has 0 aliphatic carbocycles. The van der Waals surface area contributed by atoms with Crippen LogP contribution in [0, 0.1) is 0 Å². The van der Waals surface area contributed by atoms with Gasteiger partial charge in [-0.1, -0.05) is 6.07 Å². The van der Waals surface area contributed by atoms with Crippen LogP contribution in [0.15, 0.2) is 78.1 Å². The summed E-state index contributed by atoms with van der Waals surface area (Å²) in [5.41, 5.74) is 1.92. The lowest BCUT2D eigenvalue weighted by molar-refractivity contribution is 0.0950. The first-order valence-corrected chi connectivity index (χ1v) is 9.70. The number of nitrogens with zero attached hydrogens (tertiary/aromatic N) is 2. The highest BCUT2D eigenvalue weighted by Gasteiger charge is 2.15. The van der Waals surface area contributed by atoms with E-state index in [1.807, 2.05) is 12.1 Å². The molecule has 3 rings (SSSR count). The molecule has 138 valence electrons. The van der Waals surface area contributed by atoms with E-state index < -0.39 is 10.0 Å². The first-order valence-electron chi connectivity index (χ1n) is 8.21. The molecule has 0 bridgehead atoms. The lowest BCUT2D eigenvalue weighted by Crippen LogP contribution is -2.24. The van der Waals surface area contributed by atoms with Gasteiger partial charge in [-0.2, -0.15) is 0 Å². The molecule has 0 aliphatic rings. The van der Waals surface area contributed by atoms with Gasteiger partial charge in [-0.25, -0.2) is 13.1 Å². The molecule has 1 amide bonds. The number of aromatic nitrogens is 2. The van der Waals surface area contributed by atoms with Gasteiger partial charge in [0, 0.05) is 30.7 Å². The Bertz CT molecular complexity index is 992. The zero-order valence-electron chi connectivity index (χ0n) is 14.4. The number of amides is 1. The smallest absolute Gasteiger partial charge is 0.251 e. The molecule has 0 radical (unpaired) electrons. The van der Waals surface area contributed by atoms with Crippen LogP contribution in [0.4, 0.5) is 0 Å². The van der Waals surface area contributed by atoms with Gasteiger partial charge in [0.1, 0.15) is 0 Å². The van der Waals surface area contributed by atoms with Crippen LogP contribution in [-0.4, -0.2) is 24.3 Å². The molecule has 2 aromatic heterocycles. The summed E-state index contributed by atoms with van der Waals surface area (Å²) in [7, 11) is -3.67. The number of hydrogen-bond donors (Lipinski definition) is 2. The maximum atomic E-state index is 12.4. The molecule has 1 aromatic carbocycles. The number of hydrogen-bond acceptors (Lipinski definition) is 5. The summed E-state index contributed by atoms with van der Waals surface area (Å²) in [6.07, 6.45) is 4.85. The van der Waals surface area contributed by atoms with E-state index in [9.17, 15) is 13.2 Å². The molecule has 7 nitrogen and oxygen atoms in total. The molecule has 8 heteroatoms. The molecule has 2 N–H and O–H groups in total. The number of sulfonamides is 1. The molecular formula is C19H18N4O3S. The Kier molecular flexibility index (Phi) is 5.90. The third kappa shape index (κ3) is 5.19. The molecular weight excluding hydrogens is 364 g/mol. The Morgan fingerprint density at radius 2 is 1.63 bits per heavy atom. The van der Waals surface area contributed by atoms with Gasteiger partial charge in [-0.15, -0.1) is 0 Å². The lowest BCUT2D eigenvalue weighted by atomic mass is 10.2. The second-order valence-electron chi connectivity index (χ2n) is 5.71. The van der Waals surface area contributed by atoms with E-state index in [0.717, 1.165) is 11.3 Å². The van der Waals surface area contributed by atoms with E-state index in [-0.39, 0.29) is 17.3 Å². The second-order valence-corrected chi connectivity index (χ2v) is 7.48. The maximum absolute atomic E-state index is 12.4. The Morgan fingerprint density at radius 3 is 2.30 bits per heavy atom. The number of rotatable bonds is 7. The van der Waals surface area contributed by atoms with Crippen molar-refractivity contribution in [1.82, 2.24) is 20.0 Å². The van der Waals surface area contributed by atoms with E-state index in [2.05, 4.69) is 20.0 Å². The number of carbonyl (C=O) groups is 1. The van der Waals surface area contributed by atoms with Crippen molar-refractivity contribution in [3.05, 3.63) is 90.0 Å². The topological polar surface area (TPSA) is 101 Å². The summed E-state index contributed by atoms with van der Waals surface area (Å²) in [4.78, 5) is 20.3. The minimum absolute atomic E-state index is 0.0952. The third-order valence-electron chi connectivity index (χ3n) is 3.80. The molecule has 0 spiro atoms. The Morgan fingerprint density at radius 1 is 0.889 bits per heavy atom. The fraction of sp³-hybridized carbons (Fsp3) is 0.105. The van der Waals surface area contributed by atoms with Crippen molar-refractivity contribution in [3.63, 3.8) is 0 Å². The zero-order chi connectivity index (χ0) is 19.1. The fourth-order valence-corrected chi connectivity index (χ4v) is 3.34. The van der Waals surface area contributed by atoms with Crippen molar-refractivity contribution in [1.29, 1.82) is 0 Å². The average Bonchev–Trinajstić information content (AvgIpc) is 2.72. The van der Waals surface area contributed by atoms with Gasteiger partial charge in [0.05, 0.1) is 17.1 Å². The van der Waals surface area contributed by atoms with Gasteiger partial charge in [-0.3, -0.25) is 14.8 Å². The highest BCUT2D eigenvalue weighted by atomic mass is 32.2. The molecule has 27 heavy (non-hydrogen) atoms. The number of nitrogens with one attached hydrogen (secondary N) is 2. The Balaban J connectivity index is 1.61. The van der Waals surface area contributed by atoms with Gasteiger partial charge in [0.2, 0.25) is 10.0 Å². The minimum atomic E-state index is -3.67. The molecule has 0 aliphatic heterocycles. The zero-order valence-corrected chi connectivity index (χ0v) is 15.2. The third-order valence-corrected chi connectivity index (χ3v) is 5.22. The van der Waals surface area contributed by atoms with E-state index in [1.54, 1.807) is 36.8 Å². The minimum Gasteiger partial charge on any atom is -0.346 e. The summed E-state index contributed by atoms with van der Waals surface area (Å²) < 4.78 is 27.2. The van der Waals surface area contributed by atoms with Crippen molar-refractivity contribution in [2.45, 2.75) is 18.0 Å². The predicted molar refractivity (Wildman–Crippen MR) is 100 cm³/mol. The molecule has 3 aromatic rings. The van der Waals surface area contributed by atoms with Crippen molar-refractivity contribution >= 4 is 15.9 Å². The van der Waals surface area contributed by atoms with Crippen LogP contribution >= 0.6 is 0 Å². The van der Waals surface area contributed by atoms with Gasteiger partial charge < -0.3 is 5.32 Å². The molecule has 2 heterocycles. The van der Waals surface area contributed by atoms with Crippen LogP contribution in [0.1, 0.15) is 21.6 Å². The first-order chi connectivity index (χ1) is 13.0. The Labute approximate surface area is 157 Å². The van der Waals surface area contributed by atoms with Gasteiger partial charge in [-0.05, 0) is 54.1 Å². The van der Waals surface area contributed by atoms with Crippen LogP contribution in [0.25, 0.3) is 0 Å². The van der Waals surface area contributed by atoms with Gasteiger partial charge in [0.15, 0.2) is 0 Å². The predicted octanol–water partition coefficient (Wildman–Crippen LogP) is 1.89. The highest BCUT2D eigenvalue weighted by Crippen LogP contribution is 2.11. The number of benzene rings is 1. The lowest BCUT2D eigenvalue weighted by Gasteiger charge is -2.08. The quantitative estimate of drug-likeness (QED) is 0.650. The van der Waals surface area contributed by atoms with Gasteiger partial charge in [0.25, 0.3) is 5.91 Å². The van der Waals surface area contributed by atoms with Crippen LogP contribution in [0.5, 0.6) is 0 Å². The summed E-state index contributed by atoms with van der Waals surface area (Å²) >= 11 is 0. The molecule has 0 saturated carbocycles. The SMILES string of the molecule is O=C(NCc1ccccn1)c1ccc(S(=O)(=O)NCc2ccncc2)cc1. The summed E-state index contributed by atoms with van der Waals surface area (Å²) in [5.74, 6) is -0.297. The number of carbonyl (C=O) groups excluding carboxylic acids is 1. The molecule has 0 saturated heterocycles. The first kappa shape index (κ1) is 18.7. The summed E-state index contributed by atoms with van der Waals surface area (Å²) in [6.45, 7) is 0.463. The van der Waals surface area contributed by atoms with Crippen molar-refractivity contribution in [2.24, 2.45) is 0 Å². The van der Waals surface area contributed by atoms with E-state index in [4.69, 9.17) is 0 Å². The largest absolute Gasteiger partial charge is 0.346 e. The molecule has 0 unspecified atom stereocenters. The van der Waals surface area contributed by atoms with Crippen LogP contribution < -0.4 is 10.0 Å². The van der Waals surface area contributed by atoms with E-state index in [1.165, 1.54) is 24.3 Å². The van der Waals surface area contributed by atoms with E-state index >= 15 is 0 Å². The monoisotopic (exact) mass is 382 g/mol. The number of pyridine rings is 2. The fourth-order valence-electron chi connectivity index (χ4n) is 2.32. The normalized spacial score (nSPS) is 11.1. The summed E-state index contributed by atoms with van der Waals surface area (Å²) in [6, 6.07) is 14.7. The van der Waals surface area contributed by atoms with Crippen LogP contribution in [-0.2, 0) is 23.1 Å². The van der Waals surface area contributed by atoms with Crippen molar-refractivity contribution < 1.29 is 13.2 Å². The highest BCUT2D eigenvalue weighted by molar-refractivity contribution is 7.89.